The number of rotatable bonds is 3. The molecule has 7 fully saturated rings. The molecule has 30 heavy (non-hydrogen) atoms. The van der Waals surface area contributed by atoms with E-state index in [2.05, 4.69) is 4.90 Å². The van der Waals surface area contributed by atoms with E-state index in [1.807, 2.05) is 4.90 Å². The van der Waals surface area contributed by atoms with Crippen LogP contribution in [0.2, 0.25) is 0 Å². The fourth-order valence-electron chi connectivity index (χ4n) is 7.77. The minimum absolute atomic E-state index is 0.0727. The molecule has 168 valence electrons. The molecular formula is C23H37N3O4. The minimum atomic E-state index is -0.502. The number of hydrogen-bond acceptors (Lipinski definition) is 6. The first-order chi connectivity index (χ1) is 14.6. The minimum Gasteiger partial charge on any atom is -0.339 e. The van der Waals surface area contributed by atoms with E-state index in [9.17, 15) is 4.79 Å². The van der Waals surface area contributed by atoms with E-state index in [-0.39, 0.29) is 12.5 Å². The van der Waals surface area contributed by atoms with Gasteiger partial charge in [0.1, 0.15) is 0 Å². The Kier molecular flexibility index (Phi) is 4.92. The lowest BCUT2D eigenvalue weighted by atomic mass is 9.53. The van der Waals surface area contributed by atoms with Gasteiger partial charge in [0.25, 0.3) is 0 Å². The molecule has 2 heterocycles. The van der Waals surface area contributed by atoms with Crippen LogP contribution in [0.1, 0.15) is 57.8 Å². The Morgan fingerprint density at radius 2 is 1.53 bits per heavy atom. The van der Waals surface area contributed by atoms with Crippen molar-refractivity contribution in [2.75, 3.05) is 39.3 Å². The van der Waals surface area contributed by atoms with Gasteiger partial charge in [0.15, 0.2) is 0 Å². The molecule has 0 unspecified atom stereocenters. The van der Waals surface area contributed by atoms with Crippen molar-refractivity contribution in [2.45, 2.75) is 69.4 Å². The van der Waals surface area contributed by atoms with Crippen molar-refractivity contribution in [3.63, 3.8) is 0 Å². The highest BCUT2D eigenvalue weighted by Crippen LogP contribution is 2.63. The molecule has 0 aromatic rings. The molecular weight excluding hydrogens is 382 g/mol. The van der Waals surface area contributed by atoms with Gasteiger partial charge in [-0.1, -0.05) is 0 Å². The highest BCUT2D eigenvalue weighted by Gasteiger charge is 2.66. The van der Waals surface area contributed by atoms with E-state index in [0.717, 1.165) is 70.2 Å². The number of carbonyl (C=O) groups is 1. The Labute approximate surface area is 179 Å². The van der Waals surface area contributed by atoms with Crippen LogP contribution >= 0.6 is 0 Å². The number of hydrogen-bond donors (Lipinski definition) is 1. The topological polar surface area (TPSA) is 77.3 Å². The van der Waals surface area contributed by atoms with Crippen LogP contribution < -0.4 is 5.73 Å². The van der Waals surface area contributed by atoms with Crippen LogP contribution in [0, 0.1) is 29.6 Å². The molecule has 4 bridgehead atoms. The Bertz CT molecular complexity index is 641. The summed E-state index contributed by atoms with van der Waals surface area (Å²) in [5, 5.41) is 0. The average molecular weight is 420 g/mol. The zero-order chi connectivity index (χ0) is 20.3. The van der Waals surface area contributed by atoms with Gasteiger partial charge in [0, 0.05) is 57.4 Å². The normalized spacial score (nSPS) is 48.2. The maximum absolute atomic E-state index is 11.8. The molecule has 7 aliphatic rings. The van der Waals surface area contributed by atoms with Crippen LogP contribution in [-0.2, 0) is 19.3 Å². The van der Waals surface area contributed by atoms with Gasteiger partial charge in [-0.05, 0) is 62.7 Å². The zero-order valence-corrected chi connectivity index (χ0v) is 18.1. The first-order valence-electron chi connectivity index (χ1n) is 12.3. The van der Waals surface area contributed by atoms with Crippen molar-refractivity contribution in [3.05, 3.63) is 0 Å². The van der Waals surface area contributed by atoms with E-state index < -0.39 is 11.6 Å². The summed E-state index contributed by atoms with van der Waals surface area (Å²) >= 11 is 0. The molecule has 2 aliphatic heterocycles. The summed E-state index contributed by atoms with van der Waals surface area (Å²) in [6, 6.07) is 0. The quantitative estimate of drug-likeness (QED) is 0.706. The maximum Gasteiger partial charge on any atom is 0.236 e. The SMILES string of the molecule is NCC(=O)N1CCN(C[C@H]2CC[C@]3(CC2)OO[C@]2(O3)C3CC4CC(C3)CC2C4)CC1. The lowest BCUT2D eigenvalue weighted by molar-refractivity contribution is -0.390. The summed E-state index contributed by atoms with van der Waals surface area (Å²) in [5.74, 6) is 2.69. The number of amides is 1. The molecule has 5 saturated carbocycles. The first-order valence-corrected chi connectivity index (χ1v) is 12.3. The lowest BCUT2D eigenvalue weighted by Gasteiger charge is -2.57. The Balaban J connectivity index is 1.02. The molecule has 1 amide bonds. The molecule has 2 N–H and O–H groups in total. The van der Waals surface area contributed by atoms with Crippen molar-refractivity contribution < 1.29 is 19.3 Å². The van der Waals surface area contributed by atoms with E-state index in [1.165, 1.54) is 32.1 Å². The third kappa shape index (κ3) is 3.24. The zero-order valence-electron chi connectivity index (χ0n) is 18.1. The van der Waals surface area contributed by atoms with Gasteiger partial charge in [-0.3, -0.25) is 9.69 Å². The molecule has 5 aliphatic carbocycles. The van der Waals surface area contributed by atoms with Gasteiger partial charge in [-0.15, -0.1) is 0 Å². The third-order valence-corrected chi connectivity index (χ3v) is 9.23. The smallest absolute Gasteiger partial charge is 0.236 e. The second-order valence-electron chi connectivity index (χ2n) is 11.0. The summed E-state index contributed by atoms with van der Waals surface area (Å²) < 4.78 is 6.83. The number of carbonyl (C=O) groups excluding carboxylic acids is 1. The highest BCUT2D eigenvalue weighted by atomic mass is 17.3. The van der Waals surface area contributed by atoms with Crippen LogP contribution in [0.4, 0.5) is 0 Å². The van der Waals surface area contributed by atoms with E-state index in [4.69, 9.17) is 20.2 Å². The molecule has 7 rings (SSSR count). The molecule has 7 heteroatoms. The predicted octanol–water partition coefficient (Wildman–Crippen LogP) is 2.11. The van der Waals surface area contributed by atoms with Gasteiger partial charge >= 0.3 is 0 Å². The van der Waals surface area contributed by atoms with Crippen molar-refractivity contribution in [1.82, 2.24) is 9.80 Å². The van der Waals surface area contributed by atoms with Gasteiger partial charge in [-0.25, -0.2) is 0 Å². The molecule has 7 nitrogen and oxygen atoms in total. The Morgan fingerprint density at radius 3 is 2.13 bits per heavy atom. The Morgan fingerprint density at radius 1 is 0.900 bits per heavy atom. The Hall–Kier alpha value is -0.730. The number of nitrogens with two attached hydrogens (primary N) is 1. The summed E-state index contributed by atoms with van der Waals surface area (Å²) in [5.41, 5.74) is 5.50. The lowest BCUT2D eigenvalue weighted by Crippen LogP contribution is -2.59. The molecule has 0 atom stereocenters. The van der Waals surface area contributed by atoms with Crippen molar-refractivity contribution in [3.8, 4) is 0 Å². The first kappa shape index (κ1) is 19.9. The molecule has 0 aromatic carbocycles. The van der Waals surface area contributed by atoms with Gasteiger partial charge in [0.2, 0.25) is 17.5 Å². The van der Waals surface area contributed by atoms with Crippen LogP contribution in [0.3, 0.4) is 0 Å². The second kappa shape index (κ2) is 7.41. The third-order valence-electron chi connectivity index (χ3n) is 9.23. The second-order valence-corrected chi connectivity index (χ2v) is 11.0. The number of ether oxygens (including phenoxy) is 1. The van der Waals surface area contributed by atoms with Crippen LogP contribution in [0.5, 0.6) is 0 Å². The van der Waals surface area contributed by atoms with Gasteiger partial charge < -0.3 is 15.4 Å². The maximum atomic E-state index is 11.8. The van der Waals surface area contributed by atoms with Gasteiger partial charge in [0.05, 0.1) is 6.54 Å². The molecule has 0 aromatic heterocycles. The van der Waals surface area contributed by atoms with Crippen LogP contribution in [0.25, 0.3) is 0 Å². The summed E-state index contributed by atoms with van der Waals surface area (Å²) in [6.45, 7) is 4.76. The number of nitrogens with zero attached hydrogens (tertiary/aromatic N) is 2. The van der Waals surface area contributed by atoms with Gasteiger partial charge in [-0.2, -0.15) is 9.78 Å². The van der Waals surface area contributed by atoms with E-state index in [0.29, 0.717) is 17.8 Å². The van der Waals surface area contributed by atoms with Crippen molar-refractivity contribution in [1.29, 1.82) is 0 Å². The summed E-state index contributed by atoms with van der Waals surface area (Å²) in [4.78, 5) is 28.4. The number of piperazine rings is 1. The monoisotopic (exact) mass is 419 g/mol. The fraction of sp³-hybridized carbons (Fsp3) is 0.957. The largest absolute Gasteiger partial charge is 0.339 e. The van der Waals surface area contributed by atoms with Crippen molar-refractivity contribution >= 4 is 5.91 Å². The van der Waals surface area contributed by atoms with Crippen LogP contribution in [0.15, 0.2) is 0 Å². The molecule has 2 saturated heterocycles. The predicted molar refractivity (Wildman–Crippen MR) is 110 cm³/mol. The van der Waals surface area contributed by atoms with Crippen molar-refractivity contribution in [2.24, 2.45) is 35.3 Å². The van der Waals surface area contributed by atoms with Crippen LogP contribution in [-0.4, -0.2) is 66.5 Å². The fourth-order valence-corrected chi connectivity index (χ4v) is 7.77. The average Bonchev–Trinajstić information content (AvgIpc) is 3.13. The highest BCUT2D eigenvalue weighted by molar-refractivity contribution is 5.78. The standard InChI is InChI=1S/C23H37N3O4/c24-14-21(27)26-7-5-25(6-8-26)15-16-1-3-22(4-2-16)28-23(30-29-22)19-10-17-9-18(12-19)13-20(23)11-17/h16-20H,1-15,24H2/t16-,17?,18?,19?,20?,22+,23-. The van der Waals surface area contributed by atoms with E-state index in [1.54, 1.807) is 0 Å². The summed E-state index contributed by atoms with van der Waals surface area (Å²) in [6.07, 6.45) is 10.7. The molecule has 0 radical (unpaired) electrons. The molecule has 2 spiro atoms. The summed E-state index contributed by atoms with van der Waals surface area (Å²) in [7, 11) is 0. The van der Waals surface area contributed by atoms with E-state index >= 15 is 0 Å².